The van der Waals surface area contributed by atoms with Crippen LogP contribution in [0.15, 0.2) is 47.7 Å². The fourth-order valence-corrected chi connectivity index (χ4v) is 3.66. The third-order valence-electron chi connectivity index (χ3n) is 4.77. The Bertz CT molecular complexity index is 894. The number of carbonyl (C=O) groups excluding carboxylic acids is 3. The van der Waals surface area contributed by atoms with Gasteiger partial charge in [-0.1, -0.05) is 42.5 Å². The van der Waals surface area contributed by atoms with Crippen LogP contribution in [0.2, 0.25) is 5.02 Å². The second kappa shape index (κ2) is 9.52. The van der Waals surface area contributed by atoms with E-state index in [9.17, 15) is 14.4 Å². The van der Waals surface area contributed by atoms with E-state index in [0.717, 1.165) is 12.0 Å². The van der Waals surface area contributed by atoms with E-state index in [4.69, 9.17) is 16.3 Å². The zero-order valence-electron chi connectivity index (χ0n) is 15.9. The highest BCUT2D eigenvalue weighted by atomic mass is 35.5. The summed E-state index contributed by atoms with van der Waals surface area (Å²) < 4.78 is 5.06. The van der Waals surface area contributed by atoms with Crippen molar-refractivity contribution in [1.29, 1.82) is 0 Å². The lowest BCUT2D eigenvalue weighted by Crippen LogP contribution is -2.39. The number of cyclic esters (lactones) is 1. The molecule has 29 heavy (non-hydrogen) atoms. The zero-order valence-corrected chi connectivity index (χ0v) is 16.7. The van der Waals surface area contributed by atoms with Crippen molar-refractivity contribution in [2.45, 2.75) is 31.6 Å². The number of nitrogens with one attached hydrogen (secondary N) is 1. The topological polar surface area (TPSA) is 88.1 Å². The minimum absolute atomic E-state index is 0.261. The molecule has 2 aliphatic heterocycles. The van der Waals surface area contributed by atoms with Crippen LogP contribution in [0.1, 0.15) is 36.3 Å². The van der Waals surface area contributed by atoms with Crippen LogP contribution in [0.4, 0.5) is 4.79 Å². The number of amides is 3. The van der Waals surface area contributed by atoms with Crippen LogP contribution in [0.3, 0.4) is 0 Å². The van der Waals surface area contributed by atoms with Gasteiger partial charge in [0, 0.05) is 30.6 Å². The second-order valence-corrected chi connectivity index (χ2v) is 7.10. The Hall–Kier alpha value is -2.93. The number of rotatable bonds is 6. The van der Waals surface area contributed by atoms with Gasteiger partial charge in [0.25, 0.3) is 0 Å². The molecule has 1 atom stereocenters. The molecule has 8 heteroatoms. The molecule has 1 aromatic carbocycles. The predicted molar refractivity (Wildman–Crippen MR) is 110 cm³/mol. The first-order valence-corrected chi connectivity index (χ1v) is 9.79. The summed E-state index contributed by atoms with van der Waals surface area (Å²) in [4.78, 5) is 41.4. The van der Waals surface area contributed by atoms with Crippen LogP contribution in [0.25, 0.3) is 0 Å². The molecule has 152 valence electrons. The molecule has 3 rings (SSSR count). The molecule has 2 saturated heterocycles. The molecule has 3 amide bonds. The average molecular weight is 416 g/mol. The number of allylic oxidation sites excluding steroid dienone is 2. The van der Waals surface area contributed by atoms with Crippen LogP contribution < -0.4 is 5.32 Å². The quantitative estimate of drug-likeness (QED) is 0.438. The van der Waals surface area contributed by atoms with Gasteiger partial charge in [0.1, 0.15) is 5.82 Å². The van der Waals surface area contributed by atoms with Gasteiger partial charge in [0.15, 0.2) is 0 Å². The number of ether oxygens (including phenoxy) is 1. The monoisotopic (exact) mass is 415 g/mol. The number of hydrogen-bond donors (Lipinski definition) is 1. The largest absolute Gasteiger partial charge is 0.449 e. The highest BCUT2D eigenvalue weighted by molar-refractivity contribution is 6.32. The number of hydrogen-bond acceptors (Lipinski definition) is 5. The van der Waals surface area contributed by atoms with Gasteiger partial charge in [0.2, 0.25) is 11.8 Å². The number of aliphatic imine (C=N–C) groups is 1. The first-order chi connectivity index (χ1) is 14.0. The fourth-order valence-electron chi connectivity index (χ4n) is 3.32. The van der Waals surface area contributed by atoms with E-state index in [0.29, 0.717) is 48.8 Å². The standard InChI is InChI=1S/C21H22ClN3O4/c1-2-5-17(25-12-4-13-29-21(25)28)23-11-10-14-6-3-7-15(19(14)22)16-8-9-18(26)24-20(16)27/h2-3,5-7,11,16H,1,4,8-10,12-13H2,(H,24,26,27)/b17-5+,23-11-. The van der Waals surface area contributed by atoms with Crippen molar-refractivity contribution in [3.63, 3.8) is 0 Å². The molecular formula is C21H22ClN3O4. The molecular weight excluding hydrogens is 394 g/mol. The van der Waals surface area contributed by atoms with Crippen LogP contribution >= 0.6 is 11.6 Å². The van der Waals surface area contributed by atoms with E-state index in [1.807, 2.05) is 12.1 Å². The molecule has 0 aliphatic carbocycles. The number of piperidine rings is 1. The zero-order chi connectivity index (χ0) is 20.8. The van der Waals surface area contributed by atoms with E-state index in [1.165, 1.54) is 4.90 Å². The molecule has 1 N–H and O–H groups in total. The van der Waals surface area contributed by atoms with Gasteiger partial charge in [0.05, 0.1) is 12.5 Å². The van der Waals surface area contributed by atoms with Crippen LogP contribution in [-0.2, 0) is 20.7 Å². The molecule has 2 aliphatic rings. The first-order valence-electron chi connectivity index (χ1n) is 9.41. The van der Waals surface area contributed by atoms with Gasteiger partial charge in [-0.2, -0.15) is 0 Å². The maximum atomic E-state index is 12.2. The van der Waals surface area contributed by atoms with Gasteiger partial charge in [-0.25, -0.2) is 9.79 Å². The van der Waals surface area contributed by atoms with Crippen molar-refractivity contribution in [1.82, 2.24) is 10.2 Å². The number of halogens is 1. The smallest absolute Gasteiger partial charge is 0.415 e. The summed E-state index contributed by atoms with van der Waals surface area (Å²) >= 11 is 6.55. The summed E-state index contributed by atoms with van der Waals surface area (Å²) in [5, 5.41) is 2.84. The van der Waals surface area contributed by atoms with Crippen molar-refractivity contribution >= 4 is 35.7 Å². The minimum atomic E-state index is -0.448. The highest BCUT2D eigenvalue weighted by Gasteiger charge is 2.29. The predicted octanol–water partition coefficient (Wildman–Crippen LogP) is 3.34. The Balaban J connectivity index is 1.75. The molecule has 1 unspecified atom stereocenters. The van der Waals surface area contributed by atoms with E-state index in [-0.39, 0.29) is 11.8 Å². The van der Waals surface area contributed by atoms with Gasteiger partial charge < -0.3 is 4.74 Å². The lowest BCUT2D eigenvalue weighted by molar-refractivity contribution is -0.134. The number of imide groups is 1. The van der Waals surface area contributed by atoms with Crippen molar-refractivity contribution in [3.05, 3.63) is 58.9 Å². The SMILES string of the molecule is C=C/C=C(\N=C/Cc1cccc(C2CCC(=O)NC2=O)c1Cl)N1CCCOC1=O. The normalized spacial score (nSPS) is 20.6. The van der Waals surface area contributed by atoms with Gasteiger partial charge in [-0.15, -0.1) is 0 Å². The molecule has 7 nitrogen and oxygen atoms in total. The molecule has 0 bridgehead atoms. The van der Waals surface area contributed by atoms with Crippen molar-refractivity contribution < 1.29 is 19.1 Å². The molecule has 2 fully saturated rings. The van der Waals surface area contributed by atoms with E-state index < -0.39 is 12.0 Å². The molecule has 0 aromatic heterocycles. The maximum absolute atomic E-state index is 12.2. The van der Waals surface area contributed by atoms with Crippen LogP contribution in [0, 0.1) is 0 Å². The van der Waals surface area contributed by atoms with Gasteiger partial charge in [-0.3, -0.25) is 19.8 Å². The fraction of sp³-hybridized carbons (Fsp3) is 0.333. The first kappa shape index (κ1) is 20.8. The lowest BCUT2D eigenvalue weighted by atomic mass is 9.89. The Morgan fingerprint density at radius 1 is 1.38 bits per heavy atom. The third-order valence-corrected chi connectivity index (χ3v) is 5.23. The molecule has 1 aromatic rings. The van der Waals surface area contributed by atoms with E-state index in [1.54, 1.807) is 24.4 Å². The Labute approximate surface area is 174 Å². The van der Waals surface area contributed by atoms with Gasteiger partial charge in [-0.05, 0) is 30.0 Å². The minimum Gasteiger partial charge on any atom is -0.449 e. The lowest BCUT2D eigenvalue weighted by Gasteiger charge is -2.26. The Kier molecular flexibility index (Phi) is 6.82. The number of carbonyl (C=O) groups is 3. The summed E-state index contributed by atoms with van der Waals surface area (Å²) in [6.07, 6.45) is 6.31. The average Bonchev–Trinajstić information content (AvgIpc) is 2.70. The van der Waals surface area contributed by atoms with Crippen LogP contribution in [-0.4, -0.2) is 42.2 Å². The van der Waals surface area contributed by atoms with Crippen LogP contribution in [0.5, 0.6) is 0 Å². The van der Waals surface area contributed by atoms with Gasteiger partial charge >= 0.3 is 6.09 Å². The number of nitrogens with zero attached hydrogens (tertiary/aromatic N) is 2. The highest BCUT2D eigenvalue weighted by Crippen LogP contribution is 2.32. The van der Waals surface area contributed by atoms with Crippen molar-refractivity contribution in [2.75, 3.05) is 13.2 Å². The Morgan fingerprint density at radius 3 is 2.93 bits per heavy atom. The molecule has 0 radical (unpaired) electrons. The summed E-state index contributed by atoms with van der Waals surface area (Å²) in [6.45, 7) is 4.60. The molecule has 0 spiro atoms. The third kappa shape index (κ3) is 4.92. The Morgan fingerprint density at radius 2 is 2.21 bits per heavy atom. The van der Waals surface area contributed by atoms with Crippen molar-refractivity contribution in [3.8, 4) is 0 Å². The second-order valence-electron chi connectivity index (χ2n) is 6.72. The summed E-state index contributed by atoms with van der Waals surface area (Å²) in [5.74, 6) is -0.587. The summed E-state index contributed by atoms with van der Waals surface area (Å²) in [6, 6.07) is 5.49. The maximum Gasteiger partial charge on any atom is 0.415 e. The van der Waals surface area contributed by atoms with E-state index >= 15 is 0 Å². The molecule has 0 saturated carbocycles. The molecule has 2 heterocycles. The van der Waals surface area contributed by atoms with Crippen molar-refractivity contribution in [2.24, 2.45) is 4.99 Å². The number of benzene rings is 1. The van der Waals surface area contributed by atoms with E-state index in [2.05, 4.69) is 16.9 Å². The summed E-state index contributed by atoms with van der Waals surface area (Å²) in [5.41, 5.74) is 1.50. The summed E-state index contributed by atoms with van der Waals surface area (Å²) in [7, 11) is 0.